The van der Waals surface area contributed by atoms with Gasteiger partial charge in [0.1, 0.15) is 0 Å². The Kier molecular flexibility index (Phi) is 5.72. The van der Waals surface area contributed by atoms with E-state index in [1.807, 2.05) is 18.7 Å². The fourth-order valence-corrected chi connectivity index (χ4v) is 1.18. The summed E-state index contributed by atoms with van der Waals surface area (Å²) in [7, 11) is 0. The number of carbonyl (C=O) groups is 1. The molecule has 0 aromatic rings. The van der Waals surface area contributed by atoms with Crippen molar-refractivity contribution in [3.63, 3.8) is 0 Å². The standard InChI is InChI=1S/C9H20N2O/c1-4-7-11(8(2)3)9(12)5-6-10/h8H,4-7,10H2,1-3H3. The SMILES string of the molecule is CCCN(C(=O)CCN)C(C)C. The van der Waals surface area contributed by atoms with Crippen molar-refractivity contribution in [2.24, 2.45) is 5.73 Å². The topological polar surface area (TPSA) is 46.3 Å². The highest BCUT2D eigenvalue weighted by atomic mass is 16.2. The summed E-state index contributed by atoms with van der Waals surface area (Å²) in [5.41, 5.74) is 5.32. The molecule has 0 aromatic heterocycles. The second-order valence-electron chi connectivity index (χ2n) is 3.22. The zero-order valence-electron chi connectivity index (χ0n) is 8.34. The van der Waals surface area contributed by atoms with Crippen LogP contribution in [0, 0.1) is 0 Å². The lowest BCUT2D eigenvalue weighted by Crippen LogP contribution is -2.38. The molecule has 0 aromatic carbocycles. The highest BCUT2D eigenvalue weighted by Crippen LogP contribution is 2.02. The molecule has 0 aliphatic rings. The van der Waals surface area contributed by atoms with Crippen molar-refractivity contribution < 1.29 is 4.79 Å². The average molecular weight is 172 g/mol. The van der Waals surface area contributed by atoms with Crippen LogP contribution in [0.5, 0.6) is 0 Å². The van der Waals surface area contributed by atoms with E-state index in [-0.39, 0.29) is 5.91 Å². The van der Waals surface area contributed by atoms with Gasteiger partial charge in [0.2, 0.25) is 5.91 Å². The molecular weight excluding hydrogens is 152 g/mol. The van der Waals surface area contributed by atoms with Crippen molar-refractivity contribution in [2.45, 2.75) is 39.7 Å². The molecule has 3 nitrogen and oxygen atoms in total. The third-order valence-corrected chi connectivity index (χ3v) is 1.77. The lowest BCUT2D eigenvalue weighted by molar-refractivity contribution is -0.132. The van der Waals surface area contributed by atoms with Crippen molar-refractivity contribution >= 4 is 5.91 Å². The van der Waals surface area contributed by atoms with Crippen LogP contribution in [0.3, 0.4) is 0 Å². The van der Waals surface area contributed by atoms with Gasteiger partial charge in [-0.3, -0.25) is 4.79 Å². The van der Waals surface area contributed by atoms with E-state index in [4.69, 9.17) is 5.73 Å². The number of amides is 1. The molecule has 0 bridgehead atoms. The maximum absolute atomic E-state index is 11.4. The minimum Gasteiger partial charge on any atom is -0.340 e. The minimum absolute atomic E-state index is 0.175. The van der Waals surface area contributed by atoms with Crippen LogP contribution < -0.4 is 5.73 Å². The van der Waals surface area contributed by atoms with E-state index in [2.05, 4.69) is 6.92 Å². The molecule has 0 aliphatic heterocycles. The molecule has 2 N–H and O–H groups in total. The fourth-order valence-electron chi connectivity index (χ4n) is 1.18. The van der Waals surface area contributed by atoms with Gasteiger partial charge in [-0.1, -0.05) is 6.92 Å². The van der Waals surface area contributed by atoms with Gasteiger partial charge in [-0.15, -0.1) is 0 Å². The first-order valence-electron chi connectivity index (χ1n) is 4.63. The number of hydrogen-bond acceptors (Lipinski definition) is 2. The third kappa shape index (κ3) is 3.72. The van der Waals surface area contributed by atoms with Crippen LogP contribution in [0.25, 0.3) is 0 Å². The number of hydrogen-bond donors (Lipinski definition) is 1. The van der Waals surface area contributed by atoms with E-state index in [9.17, 15) is 4.79 Å². The van der Waals surface area contributed by atoms with Crippen LogP contribution in [-0.2, 0) is 4.79 Å². The first-order valence-corrected chi connectivity index (χ1v) is 4.63. The van der Waals surface area contributed by atoms with Gasteiger partial charge < -0.3 is 10.6 Å². The summed E-state index contributed by atoms with van der Waals surface area (Å²) in [5, 5.41) is 0. The van der Waals surface area contributed by atoms with Gasteiger partial charge in [0.25, 0.3) is 0 Å². The molecule has 0 unspecified atom stereocenters. The van der Waals surface area contributed by atoms with Gasteiger partial charge >= 0.3 is 0 Å². The average Bonchev–Trinajstić information content (AvgIpc) is 1.99. The van der Waals surface area contributed by atoms with Gasteiger partial charge in [0, 0.05) is 25.6 Å². The molecule has 3 heteroatoms. The lowest BCUT2D eigenvalue weighted by Gasteiger charge is -2.26. The molecule has 0 radical (unpaired) electrons. The van der Waals surface area contributed by atoms with Gasteiger partial charge in [-0.05, 0) is 20.3 Å². The molecule has 0 heterocycles. The summed E-state index contributed by atoms with van der Waals surface area (Å²) in [6.07, 6.45) is 1.48. The Balaban J connectivity index is 4.00. The molecule has 0 fully saturated rings. The Morgan fingerprint density at radius 3 is 2.42 bits per heavy atom. The molecule has 72 valence electrons. The van der Waals surface area contributed by atoms with E-state index in [1.165, 1.54) is 0 Å². The van der Waals surface area contributed by atoms with Gasteiger partial charge in [0.05, 0.1) is 0 Å². The predicted molar refractivity (Wildman–Crippen MR) is 50.8 cm³/mol. The number of carbonyl (C=O) groups excluding carboxylic acids is 1. The summed E-state index contributed by atoms with van der Waals surface area (Å²) in [4.78, 5) is 13.3. The fraction of sp³-hybridized carbons (Fsp3) is 0.889. The molecule has 1 amide bonds. The Morgan fingerprint density at radius 1 is 1.50 bits per heavy atom. The highest BCUT2D eigenvalue weighted by Gasteiger charge is 2.13. The molecule has 0 spiro atoms. The lowest BCUT2D eigenvalue weighted by atomic mass is 10.2. The summed E-state index contributed by atoms with van der Waals surface area (Å²) in [6.45, 7) is 7.43. The van der Waals surface area contributed by atoms with Crippen LogP contribution in [-0.4, -0.2) is 29.9 Å². The number of nitrogens with two attached hydrogens (primary N) is 1. The van der Waals surface area contributed by atoms with Crippen LogP contribution in [0.4, 0.5) is 0 Å². The van der Waals surface area contributed by atoms with E-state index in [1.54, 1.807) is 0 Å². The normalized spacial score (nSPS) is 10.4. The van der Waals surface area contributed by atoms with E-state index in [0.29, 0.717) is 19.0 Å². The summed E-state index contributed by atoms with van der Waals surface area (Å²) >= 11 is 0. The quantitative estimate of drug-likeness (QED) is 0.672. The zero-order chi connectivity index (χ0) is 9.56. The van der Waals surface area contributed by atoms with E-state index in [0.717, 1.165) is 13.0 Å². The van der Waals surface area contributed by atoms with Crippen LogP contribution in [0.2, 0.25) is 0 Å². The smallest absolute Gasteiger partial charge is 0.224 e. The maximum Gasteiger partial charge on any atom is 0.224 e. The summed E-state index contributed by atoms with van der Waals surface area (Å²) in [6, 6.07) is 0.295. The summed E-state index contributed by atoms with van der Waals surface area (Å²) < 4.78 is 0. The predicted octanol–water partition coefficient (Wildman–Crippen LogP) is 0.982. The molecular formula is C9H20N2O. The molecule has 0 atom stereocenters. The summed E-state index contributed by atoms with van der Waals surface area (Å²) in [5.74, 6) is 0.175. The minimum atomic E-state index is 0.175. The second-order valence-corrected chi connectivity index (χ2v) is 3.22. The van der Waals surface area contributed by atoms with Crippen molar-refractivity contribution in [3.05, 3.63) is 0 Å². The molecule has 0 saturated heterocycles. The Hall–Kier alpha value is -0.570. The first kappa shape index (κ1) is 11.4. The van der Waals surface area contributed by atoms with Crippen molar-refractivity contribution in [1.29, 1.82) is 0 Å². The molecule has 0 rings (SSSR count). The third-order valence-electron chi connectivity index (χ3n) is 1.77. The van der Waals surface area contributed by atoms with Crippen LogP contribution in [0.1, 0.15) is 33.6 Å². The maximum atomic E-state index is 11.4. The molecule has 0 saturated carbocycles. The number of rotatable bonds is 5. The van der Waals surface area contributed by atoms with E-state index < -0.39 is 0 Å². The van der Waals surface area contributed by atoms with Gasteiger partial charge in [0.15, 0.2) is 0 Å². The Bertz CT molecular complexity index is 134. The second kappa shape index (κ2) is 6.00. The van der Waals surface area contributed by atoms with Gasteiger partial charge in [-0.2, -0.15) is 0 Å². The van der Waals surface area contributed by atoms with Gasteiger partial charge in [-0.25, -0.2) is 0 Å². The highest BCUT2D eigenvalue weighted by molar-refractivity contribution is 5.76. The zero-order valence-corrected chi connectivity index (χ0v) is 8.34. The largest absolute Gasteiger partial charge is 0.340 e. The van der Waals surface area contributed by atoms with Crippen molar-refractivity contribution in [2.75, 3.05) is 13.1 Å². The van der Waals surface area contributed by atoms with Crippen LogP contribution in [0.15, 0.2) is 0 Å². The Labute approximate surface area is 74.9 Å². The first-order chi connectivity index (χ1) is 5.63. The van der Waals surface area contributed by atoms with Crippen molar-refractivity contribution in [3.8, 4) is 0 Å². The number of nitrogens with zero attached hydrogens (tertiary/aromatic N) is 1. The Morgan fingerprint density at radius 2 is 2.08 bits per heavy atom. The molecule has 0 aliphatic carbocycles. The monoisotopic (exact) mass is 172 g/mol. The van der Waals surface area contributed by atoms with Crippen molar-refractivity contribution in [1.82, 2.24) is 4.90 Å². The molecule has 12 heavy (non-hydrogen) atoms. The van der Waals surface area contributed by atoms with Crippen LogP contribution >= 0.6 is 0 Å². The van der Waals surface area contributed by atoms with E-state index >= 15 is 0 Å².